The number of fused-ring (bicyclic) bond motifs is 1. The lowest BCUT2D eigenvalue weighted by Crippen LogP contribution is -2.25. The number of nitrogens with zero attached hydrogens (tertiary/aromatic N) is 1. The van der Waals surface area contributed by atoms with Crippen molar-refractivity contribution in [2.75, 3.05) is 0 Å². The fourth-order valence-electron chi connectivity index (χ4n) is 0.883. The van der Waals surface area contributed by atoms with E-state index in [1.165, 1.54) is 6.92 Å². The Morgan fingerprint density at radius 1 is 1.53 bits per heavy atom. The molecule has 1 unspecified atom stereocenters. The van der Waals surface area contributed by atoms with Gasteiger partial charge in [-0.05, 0) is 13.0 Å². The summed E-state index contributed by atoms with van der Waals surface area (Å²) >= 11 is 0. The quantitative estimate of drug-likeness (QED) is 0.650. The summed E-state index contributed by atoms with van der Waals surface area (Å²) < 4.78 is 0. The first-order valence-corrected chi connectivity index (χ1v) is 4.47. The van der Waals surface area contributed by atoms with E-state index in [1.54, 1.807) is 0 Å². The fourth-order valence-corrected chi connectivity index (χ4v) is 0.883. The molecule has 1 aromatic carbocycles. The monoisotopic (exact) mass is 207 g/mol. The highest BCUT2D eigenvalue weighted by Gasteiger charge is 1.99. The molecule has 4 N–H and O–H groups in total. The van der Waals surface area contributed by atoms with Gasteiger partial charge in [0.05, 0.1) is 11.7 Å². The number of H-pyrrole nitrogens is 1. The molecule has 0 bridgehead atoms. The Morgan fingerprint density at radius 3 is 2.67 bits per heavy atom. The molecule has 0 aliphatic rings. The van der Waals surface area contributed by atoms with Crippen LogP contribution >= 0.6 is 0 Å². The van der Waals surface area contributed by atoms with E-state index in [0.717, 1.165) is 10.9 Å². The molecule has 0 amide bonds. The van der Waals surface area contributed by atoms with Gasteiger partial charge in [-0.2, -0.15) is 5.10 Å². The zero-order valence-electron chi connectivity index (χ0n) is 8.34. The van der Waals surface area contributed by atoms with Crippen LogP contribution in [0.2, 0.25) is 0 Å². The average molecular weight is 207 g/mol. The molecule has 0 spiro atoms. The van der Waals surface area contributed by atoms with Crippen molar-refractivity contribution in [1.29, 1.82) is 0 Å². The van der Waals surface area contributed by atoms with Crippen LogP contribution in [0.25, 0.3) is 10.9 Å². The van der Waals surface area contributed by atoms with E-state index in [0.29, 0.717) is 0 Å². The first-order valence-electron chi connectivity index (χ1n) is 4.47. The van der Waals surface area contributed by atoms with Gasteiger partial charge in [-0.25, -0.2) is 0 Å². The first-order chi connectivity index (χ1) is 7.11. The fraction of sp³-hybridized carbons (Fsp3) is 0.200. The largest absolute Gasteiger partial charge is 0.480 e. The van der Waals surface area contributed by atoms with Crippen LogP contribution in [0.4, 0.5) is 0 Å². The number of para-hydroxylation sites is 1. The maximum absolute atomic E-state index is 9.57. The zero-order chi connectivity index (χ0) is 11.3. The molecule has 0 radical (unpaired) electrons. The molecule has 80 valence electrons. The minimum absolute atomic E-state index is 0.731. The van der Waals surface area contributed by atoms with Gasteiger partial charge in [0.25, 0.3) is 0 Å². The number of carbonyl (C=O) groups is 1. The molecule has 0 aliphatic carbocycles. The minimum atomic E-state index is -0.963. The summed E-state index contributed by atoms with van der Waals surface area (Å²) in [7, 11) is 0. The Balaban J connectivity index is 0.000000167. The second kappa shape index (κ2) is 5.11. The van der Waals surface area contributed by atoms with Gasteiger partial charge in [-0.3, -0.25) is 9.89 Å². The topological polar surface area (TPSA) is 92.0 Å². The number of carboxylic acid groups (broad SMARTS) is 1. The molecule has 5 nitrogen and oxygen atoms in total. The van der Waals surface area contributed by atoms with Crippen molar-refractivity contribution in [3.63, 3.8) is 0 Å². The third kappa shape index (κ3) is 3.40. The SMILES string of the molecule is CC(N)C(=O)O.c1ccc2[nH]ncc2c1. The Kier molecular flexibility index (Phi) is 3.82. The van der Waals surface area contributed by atoms with Crippen LogP contribution in [0.5, 0.6) is 0 Å². The number of carboxylic acids is 1. The maximum atomic E-state index is 9.57. The molecule has 5 heteroatoms. The molecular formula is C10H13N3O2. The van der Waals surface area contributed by atoms with E-state index < -0.39 is 12.0 Å². The molecule has 0 saturated heterocycles. The molecule has 15 heavy (non-hydrogen) atoms. The van der Waals surface area contributed by atoms with Crippen molar-refractivity contribution in [2.24, 2.45) is 5.73 Å². The van der Waals surface area contributed by atoms with Gasteiger partial charge < -0.3 is 10.8 Å². The number of aliphatic carboxylic acids is 1. The summed E-state index contributed by atoms with van der Waals surface area (Å²) in [5.41, 5.74) is 5.93. The van der Waals surface area contributed by atoms with E-state index in [-0.39, 0.29) is 0 Å². The van der Waals surface area contributed by atoms with Crippen molar-refractivity contribution in [2.45, 2.75) is 13.0 Å². The van der Waals surface area contributed by atoms with Gasteiger partial charge in [-0.15, -0.1) is 0 Å². The zero-order valence-corrected chi connectivity index (χ0v) is 8.34. The van der Waals surface area contributed by atoms with Crippen molar-refractivity contribution in [1.82, 2.24) is 10.2 Å². The number of nitrogens with two attached hydrogens (primary N) is 1. The molecule has 1 aromatic heterocycles. The van der Waals surface area contributed by atoms with Gasteiger partial charge in [0.2, 0.25) is 0 Å². The van der Waals surface area contributed by atoms with Crippen molar-refractivity contribution in [3.05, 3.63) is 30.5 Å². The summed E-state index contributed by atoms with van der Waals surface area (Å²) in [6, 6.07) is 7.28. The molecule has 2 rings (SSSR count). The standard InChI is InChI=1S/C7H6N2.C3H7NO2/c1-2-4-7-6(3-1)5-8-9-7;1-2(4)3(5)6/h1-5H,(H,8,9);2H,4H2,1H3,(H,5,6). The number of aromatic nitrogens is 2. The predicted octanol–water partition coefficient (Wildman–Crippen LogP) is 0.981. The van der Waals surface area contributed by atoms with Crippen LogP contribution < -0.4 is 5.73 Å². The van der Waals surface area contributed by atoms with Crippen molar-refractivity contribution >= 4 is 16.9 Å². The van der Waals surface area contributed by atoms with Crippen molar-refractivity contribution < 1.29 is 9.90 Å². The van der Waals surface area contributed by atoms with Crippen LogP contribution in [-0.2, 0) is 4.79 Å². The lowest BCUT2D eigenvalue weighted by Gasteiger charge is -1.90. The molecule has 0 aliphatic heterocycles. The van der Waals surface area contributed by atoms with Crippen LogP contribution in [0.15, 0.2) is 30.5 Å². The second-order valence-electron chi connectivity index (χ2n) is 3.08. The average Bonchev–Trinajstić information content (AvgIpc) is 2.66. The van der Waals surface area contributed by atoms with Crippen LogP contribution in [-0.4, -0.2) is 27.3 Å². The number of hydrogen-bond donors (Lipinski definition) is 3. The first kappa shape index (κ1) is 11.2. The molecule has 1 heterocycles. The molecule has 0 fully saturated rings. The summed E-state index contributed by atoms with van der Waals surface area (Å²) in [6.07, 6.45) is 1.81. The Morgan fingerprint density at radius 2 is 2.13 bits per heavy atom. The second-order valence-corrected chi connectivity index (χ2v) is 3.08. The van der Waals surface area contributed by atoms with E-state index in [1.807, 2.05) is 30.5 Å². The third-order valence-electron chi connectivity index (χ3n) is 1.74. The predicted molar refractivity (Wildman–Crippen MR) is 57.4 cm³/mol. The normalized spacial score (nSPS) is 11.6. The van der Waals surface area contributed by atoms with Crippen LogP contribution in [0, 0.1) is 0 Å². The third-order valence-corrected chi connectivity index (χ3v) is 1.74. The highest BCUT2D eigenvalue weighted by molar-refractivity contribution is 5.77. The van der Waals surface area contributed by atoms with Gasteiger partial charge in [0.15, 0.2) is 0 Å². The smallest absolute Gasteiger partial charge is 0.320 e. The lowest BCUT2D eigenvalue weighted by molar-refractivity contribution is -0.138. The molecular weight excluding hydrogens is 194 g/mol. The summed E-state index contributed by atoms with van der Waals surface area (Å²) in [4.78, 5) is 9.57. The number of nitrogens with one attached hydrogen (secondary N) is 1. The Labute approximate surface area is 86.9 Å². The Hall–Kier alpha value is -1.88. The van der Waals surface area contributed by atoms with Gasteiger partial charge in [-0.1, -0.05) is 18.2 Å². The van der Waals surface area contributed by atoms with Gasteiger partial charge in [0.1, 0.15) is 6.04 Å². The summed E-state index contributed by atoms with van der Waals surface area (Å²) in [5.74, 6) is -0.963. The van der Waals surface area contributed by atoms with Crippen LogP contribution in [0.1, 0.15) is 6.92 Å². The summed E-state index contributed by atoms with van der Waals surface area (Å²) in [5, 5.41) is 15.8. The van der Waals surface area contributed by atoms with E-state index in [4.69, 9.17) is 10.8 Å². The lowest BCUT2D eigenvalue weighted by atomic mass is 10.3. The summed E-state index contributed by atoms with van der Waals surface area (Å²) in [6.45, 7) is 1.42. The molecule has 0 saturated carbocycles. The Bertz CT molecular complexity index is 407. The maximum Gasteiger partial charge on any atom is 0.320 e. The number of benzene rings is 1. The number of rotatable bonds is 1. The van der Waals surface area contributed by atoms with E-state index in [2.05, 4.69) is 10.2 Å². The minimum Gasteiger partial charge on any atom is -0.480 e. The highest BCUT2D eigenvalue weighted by atomic mass is 16.4. The van der Waals surface area contributed by atoms with E-state index >= 15 is 0 Å². The van der Waals surface area contributed by atoms with E-state index in [9.17, 15) is 4.79 Å². The molecule has 1 atom stereocenters. The highest BCUT2D eigenvalue weighted by Crippen LogP contribution is 2.06. The number of hydrogen-bond acceptors (Lipinski definition) is 3. The number of aromatic amines is 1. The van der Waals surface area contributed by atoms with Crippen molar-refractivity contribution in [3.8, 4) is 0 Å². The van der Waals surface area contributed by atoms with Gasteiger partial charge in [0, 0.05) is 5.39 Å². The molecule has 2 aromatic rings. The van der Waals surface area contributed by atoms with Gasteiger partial charge >= 0.3 is 5.97 Å². The van der Waals surface area contributed by atoms with Crippen LogP contribution in [0.3, 0.4) is 0 Å².